The zero-order valence-electron chi connectivity index (χ0n) is 13.7. The zero-order chi connectivity index (χ0) is 19.1. The summed E-state index contributed by atoms with van der Waals surface area (Å²) in [7, 11) is 0. The largest absolute Gasteiger partial charge is 0.483 e. The molecule has 0 unspecified atom stereocenters. The Kier molecular flexibility index (Phi) is 7.11. The van der Waals surface area contributed by atoms with Crippen LogP contribution in [0.3, 0.4) is 0 Å². The highest BCUT2D eigenvalue weighted by molar-refractivity contribution is 9.10. The van der Waals surface area contributed by atoms with Gasteiger partial charge in [-0.2, -0.15) is 5.10 Å². The number of nitrogens with one attached hydrogen (secondary N) is 1. The number of nitro benzene ring substituents is 1. The number of aryl methyl sites for hydroxylation is 1. The highest BCUT2D eigenvalue weighted by atomic mass is 79.9. The maximum Gasteiger partial charge on any atom is 0.288 e. The first-order chi connectivity index (χ1) is 12.4. The molecule has 1 amide bonds. The number of hydrogen-bond acceptors (Lipinski definition) is 5. The average molecular weight is 441 g/mol. The van der Waals surface area contributed by atoms with Gasteiger partial charge >= 0.3 is 0 Å². The van der Waals surface area contributed by atoms with Crippen molar-refractivity contribution in [3.05, 3.63) is 67.1 Å². The van der Waals surface area contributed by atoms with E-state index in [4.69, 9.17) is 16.3 Å². The summed E-state index contributed by atoms with van der Waals surface area (Å²) in [5.74, 6) is 0.0887. The Morgan fingerprint density at radius 2 is 2.15 bits per heavy atom. The third-order valence-electron chi connectivity index (χ3n) is 3.33. The third-order valence-corrected chi connectivity index (χ3v) is 4.27. The molecule has 0 saturated carbocycles. The van der Waals surface area contributed by atoms with Crippen molar-refractivity contribution in [1.29, 1.82) is 0 Å². The fraction of sp³-hybridized carbons (Fsp3) is 0.176. The molecule has 7 nitrogen and oxygen atoms in total. The molecule has 0 spiro atoms. The Hall–Kier alpha value is -2.45. The molecule has 0 heterocycles. The topological polar surface area (TPSA) is 93.8 Å². The van der Waals surface area contributed by atoms with Crippen molar-refractivity contribution in [2.24, 2.45) is 5.10 Å². The molecule has 136 valence electrons. The summed E-state index contributed by atoms with van der Waals surface area (Å²) in [4.78, 5) is 22.0. The molecular formula is C17H15BrClN3O4. The number of carbonyl (C=O) groups excluding carboxylic acids is 1. The van der Waals surface area contributed by atoms with Crippen LogP contribution >= 0.6 is 27.5 Å². The second-order valence-electron chi connectivity index (χ2n) is 5.17. The van der Waals surface area contributed by atoms with Crippen molar-refractivity contribution < 1.29 is 14.5 Å². The maximum atomic E-state index is 11.8. The molecule has 0 aliphatic carbocycles. The normalized spacial score (nSPS) is 10.7. The van der Waals surface area contributed by atoms with Crippen LogP contribution in [0.5, 0.6) is 5.75 Å². The van der Waals surface area contributed by atoms with E-state index in [9.17, 15) is 14.9 Å². The monoisotopic (exact) mass is 439 g/mol. The number of nitrogens with zero attached hydrogens (tertiary/aromatic N) is 2. The molecule has 0 aliphatic rings. The Morgan fingerprint density at radius 1 is 1.38 bits per heavy atom. The van der Waals surface area contributed by atoms with Crippen LogP contribution in [0.1, 0.15) is 18.1 Å². The third kappa shape index (κ3) is 5.53. The van der Waals surface area contributed by atoms with Crippen LogP contribution in [0.25, 0.3) is 0 Å². The lowest BCUT2D eigenvalue weighted by Crippen LogP contribution is -2.24. The average Bonchev–Trinajstić information content (AvgIpc) is 2.61. The van der Waals surface area contributed by atoms with Gasteiger partial charge in [0.25, 0.3) is 11.6 Å². The van der Waals surface area contributed by atoms with Gasteiger partial charge in [-0.1, -0.05) is 30.7 Å². The molecule has 0 atom stereocenters. The van der Waals surface area contributed by atoms with E-state index in [-0.39, 0.29) is 17.3 Å². The summed E-state index contributed by atoms with van der Waals surface area (Å²) >= 11 is 9.12. The number of hydrogen-bond donors (Lipinski definition) is 1. The van der Waals surface area contributed by atoms with Gasteiger partial charge in [0, 0.05) is 11.6 Å². The van der Waals surface area contributed by atoms with Gasteiger partial charge in [0.15, 0.2) is 6.61 Å². The number of rotatable bonds is 7. The van der Waals surface area contributed by atoms with E-state index in [0.717, 1.165) is 16.5 Å². The zero-order valence-corrected chi connectivity index (χ0v) is 16.1. The van der Waals surface area contributed by atoms with Gasteiger partial charge in [-0.05, 0) is 46.1 Å². The van der Waals surface area contributed by atoms with Gasteiger partial charge in [-0.15, -0.1) is 0 Å². The lowest BCUT2D eigenvalue weighted by Gasteiger charge is -2.08. The van der Waals surface area contributed by atoms with Gasteiger partial charge in [-0.25, -0.2) is 5.43 Å². The fourth-order valence-corrected chi connectivity index (χ4v) is 2.71. The Bertz CT molecular complexity index is 858. The smallest absolute Gasteiger partial charge is 0.288 e. The number of halogens is 2. The number of nitro groups is 1. The number of benzene rings is 2. The molecule has 2 aromatic rings. The lowest BCUT2D eigenvalue weighted by atomic mass is 10.2. The van der Waals surface area contributed by atoms with Gasteiger partial charge in [-0.3, -0.25) is 14.9 Å². The number of carbonyl (C=O) groups is 1. The van der Waals surface area contributed by atoms with Gasteiger partial charge in [0.1, 0.15) is 10.8 Å². The summed E-state index contributed by atoms with van der Waals surface area (Å²) < 4.78 is 6.19. The predicted molar refractivity (Wildman–Crippen MR) is 103 cm³/mol. The maximum absolute atomic E-state index is 11.8. The van der Waals surface area contributed by atoms with Crippen molar-refractivity contribution in [3.8, 4) is 5.75 Å². The highest BCUT2D eigenvalue weighted by Gasteiger charge is 2.12. The van der Waals surface area contributed by atoms with E-state index in [1.165, 1.54) is 18.3 Å². The molecule has 0 saturated heterocycles. The number of ether oxygens (including phenoxy) is 1. The fourth-order valence-electron chi connectivity index (χ4n) is 1.99. The first-order valence-corrected chi connectivity index (χ1v) is 8.75. The second kappa shape index (κ2) is 9.30. The molecule has 0 radical (unpaired) electrons. The van der Waals surface area contributed by atoms with Crippen molar-refractivity contribution in [2.45, 2.75) is 13.3 Å². The molecule has 26 heavy (non-hydrogen) atoms. The van der Waals surface area contributed by atoms with Crippen molar-refractivity contribution >= 4 is 45.3 Å². The van der Waals surface area contributed by atoms with E-state index in [0.29, 0.717) is 11.3 Å². The van der Waals surface area contributed by atoms with E-state index in [2.05, 4.69) is 26.5 Å². The van der Waals surface area contributed by atoms with Crippen LogP contribution < -0.4 is 10.2 Å². The quantitative estimate of drug-likeness (QED) is 0.398. The molecule has 0 fully saturated rings. The van der Waals surface area contributed by atoms with Crippen LogP contribution in [0.15, 0.2) is 46.0 Å². The van der Waals surface area contributed by atoms with Crippen LogP contribution in [-0.2, 0) is 11.2 Å². The number of hydrazone groups is 1. The summed E-state index contributed by atoms with van der Waals surface area (Å²) in [6.45, 7) is 1.82. The van der Waals surface area contributed by atoms with Gasteiger partial charge in [0.2, 0.25) is 0 Å². The second-order valence-corrected chi connectivity index (χ2v) is 6.43. The van der Waals surface area contributed by atoms with Crippen molar-refractivity contribution in [2.75, 3.05) is 6.61 Å². The molecule has 2 rings (SSSR count). The minimum atomic E-state index is -0.590. The minimum absolute atomic E-state index is 0.0317. The predicted octanol–water partition coefficient (Wildman–Crippen LogP) is 4.10. The summed E-state index contributed by atoms with van der Waals surface area (Å²) in [6.07, 6.45) is 2.18. The van der Waals surface area contributed by atoms with Crippen molar-refractivity contribution in [1.82, 2.24) is 5.43 Å². The summed E-state index contributed by atoms with van der Waals surface area (Å²) in [6, 6.07) is 9.84. The molecule has 2 aromatic carbocycles. The Balaban J connectivity index is 1.90. The molecule has 0 aromatic heterocycles. The van der Waals surface area contributed by atoms with Crippen molar-refractivity contribution in [3.63, 3.8) is 0 Å². The highest BCUT2D eigenvalue weighted by Crippen LogP contribution is 2.26. The minimum Gasteiger partial charge on any atom is -0.483 e. The SMILES string of the molecule is CCc1ccc(OCC(=O)NN=Cc2ccc(Cl)c([N+](=O)[O-])c2)c(Br)c1. The molecule has 9 heteroatoms. The Morgan fingerprint density at radius 3 is 2.81 bits per heavy atom. The molecule has 0 aliphatic heterocycles. The van der Waals surface area contributed by atoms with E-state index < -0.39 is 10.8 Å². The summed E-state index contributed by atoms with van der Waals surface area (Å²) in [5.41, 5.74) is 3.64. The summed E-state index contributed by atoms with van der Waals surface area (Å²) in [5, 5.41) is 14.6. The van der Waals surface area contributed by atoms with Gasteiger partial charge < -0.3 is 4.74 Å². The lowest BCUT2D eigenvalue weighted by molar-refractivity contribution is -0.384. The Labute approximate surface area is 163 Å². The van der Waals surface area contributed by atoms with Crippen LogP contribution in [-0.4, -0.2) is 23.7 Å². The number of amides is 1. The first-order valence-electron chi connectivity index (χ1n) is 7.57. The molecular weight excluding hydrogens is 426 g/mol. The van der Waals surface area contributed by atoms with Crippen LogP contribution in [0.4, 0.5) is 5.69 Å². The first kappa shape index (κ1) is 19.9. The van der Waals surface area contributed by atoms with E-state index in [1.54, 1.807) is 12.1 Å². The molecule has 0 bridgehead atoms. The standard InChI is InChI=1S/C17H15BrClN3O4/c1-2-11-4-6-16(13(18)7-11)26-10-17(23)21-20-9-12-3-5-14(19)15(8-12)22(24)25/h3-9H,2,10H2,1H3,(H,21,23). The molecule has 1 N–H and O–H groups in total. The van der Waals surface area contributed by atoms with Crippen LogP contribution in [0.2, 0.25) is 5.02 Å². The van der Waals surface area contributed by atoms with Gasteiger partial charge in [0.05, 0.1) is 15.6 Å². The van der Waals surface area contributed by atoms with E-state index in [1.807, 2.05) is 19.1 Å². The van der Waals surface area contributed by atoms with E-state index >= 15 is 0 Å². The van der Waals surface area contributed by atoms with Crippen LogP contribution in [0, 0.1) is 10.1 Å².